The average Bonchev–Trinajstić information content (AvgIpc) is 3.06. The van der Waals surface area contributed by atoms with Crippen LogP contribution in [0.5, 0.6) is 0 Å². The zero-order chi connectivity index (χ0) is 17.7. The number of nitro groups is 1. The Hall–Kier alpha value is -2.87. The van der Waals surface area contributed by atoms with Crippen molar-refractivity contribution < 1.29 is 14.5 Å². The lowest BCUT2D eigenvalue weighted by atomic mass is 9.99. The Balaban J connectivity index is 2.43. The first-order valence-electron chi connectivity index (χ1n) is 7.35. The van der Waals surface area contributed by atoms with E-state index in [-0.39, 0.29) is 17.2 Å². The summed E-state index contributed by atoms with van der Waals surface area (Å²) in [5.41, 5.74) is -0.158. The van der Waals surface area contributed by atoms with Gasteiger partial charge in [0, 0.05) is 18.7 Å². The Labute approximate surface area is 138 Å². The van der Waals surface area contributed by atoms with Gasteiger partial charge in [0.25, 0.3) is 5.69 Å². The molecule has 2 rings (SSSR count). The summed E-state index contributed by atoms with van der Waals surface area (Å²) in [4.78, 5) is 27.0. The predicted molar refractivity (Wildman–Crippen MR) is 88.0 cm³/mol. The number of aromatic nitrogens is 3. The molecule has 8 heteroatoms. The van der Waals surface area contributed by atoms with Crippen LogP contribution in [-0.4, -0.2) is 37.7 Å². The Bertz CT molecular complexity index is 749. The largest absolute Gasteiger partial charge is 0.368 e. The maximum absolute atomic E-state index is 12.8. The van der Waals surface area contributed by atoms with Crippen LogP contribution in [0.2, 0.25) is 0 Å². The highest BCUT2D eigenvalue weighted by atomic mass is 16.6. The maximum atomic E-state index is 12.8. The second-order valence-electron chi connectivity index (χ2n) is 5.49. The second kappa shape index (κ2) is 7.14. The first kappa shape index (κ1) is 17.5. The van der Waals surface area contributed by atoms with E-state index in [2.05, 4.69) is 10.1 Å². The minimum Gasteiger partial charge on any atom is -0.368 e. The van der Waals surface area contributed by atoms with Crippen LogP contribution in [0.15, 0.2) is 36.9 Å². The van der Waals surface area contributed by atoms with Crippen molar-refractivity contribution in [3.8, 4) is 0 Å². The maximum Gasteiger partial charge on any atom is 0.269 e. The molecular weight excluding hydrogens is 312 g/mol. The summed E-state index contributed by atoms with van der Waals surface area (Å²) in [5.74, 6) is -0.270. The van der Waals surface area contributed by atoms with E-state index in [9.17, 15) is 14.9 Å². The molecule has 0 aliphatic heterocycles. The van der Waals surface area contributed by atoms with Gasteiger partial charge >= 0.3 is 0 Å². The van der Waals surface area contributed by atoms with Gasteiger partial charge in [0.15, 0.2) is 0 Å². The summed E-state index contributed by atoms with van der Waals surface area (Å²) in [6.07, 6.45) is 4.34. The molecule has 1 heterocycles. The van der Waals surface area contributed by atoms with E-state index >= 15 is 0 Å². The van der Waals surface area contributed by atoms with Crippen LogP contribution in [-0.2, 0) is 9.53 Å². The molecule has 0 bridgehead atoms. The predicted octanol–water partition coefficient (Wildman–Crippen LogP) is 2.57. The summed E-state index contributed by atoms with van der Waals surface area (Å²) in [5, 5.41) is 14.7. The summed E-state index contributed by atoms with van der Waals surface area (Å²) in [7, 11) is 0. The van der Waals surface area contributed by atoms with Crippen LogP contribution < -0.4 is 0 Å². The Morgan fingerprint density at radius 3 is 2.54 bits per heavy atom. The van der Waals surface area contributed by atoms with Gasteiger partial charge in [0.05, 0.1) is 4.92 Å². The van der Waals surface area contributed by atoms with Gasteiger partial charge in [-0.15, -0.1) is 0 Å². The van der Waals surface area contributed by atoms with E-state index in [1.807, 2.05) is 6.92 Å². The number of carbonyl (C=O) groups is 1. The van der Waals surface area contributed by atoms with Crippen LogP contribution >= 0.6 is 0 Å². The van der Waals surface area contributed by atoms with E-state index in [0.717, 1.165) is 0 Å². The molecule has 0 saturated heterocycles. The molecule has 0 aliphatic carbocycles. The lowest BCUT2D eigenvalue weighted by Crippen LogP contribution is -2.37. The lowest BCUT2D eigenvalue weighted by Gasteiger charge is -2.24. The average molecular weight is 330 g/mol. The first-order chi connectivity index (χ1) is 11.3. The minimum absolute atomic E-state index is 0.0181. The standard InChI is InChI=1S/C16H18N4O4/c1-4-24-16(2,3)15(21)14(19-11-17-10-18-19)9-12-5-7-13(8-6-12)20(22)23/h5-11H,4H2,1-3H3/b14-9-. The van der Waals surface area contributed by atoms with Crippen molar-refractivity contribution in [1.82, 2.24) is 14.8 Å². The number of non-ortho nitro benzene ring substituents is 1. The molecule has 126 valence electrons. The number of rotatable bonds is 7. The molecule has 1 aromatic carbocycles. The van der Waals surface area contributed by atoms with Crippen molar-refractivity contribution in [2.75, 3.05) is 6.61 Å². The molecule has 0 fully saturated rings. The third-order valence-corrected chi connectivity index (χ3v) is 3.36. The molecular formula is C16H18N4O4. The molecule has 0 aliphatic rings. The summed E-state index contributed by atoms with van der Waals surface area (Å²) < 4.78 is 6.87. The Kier molecular flexibility index (Phi) is 5.20. The number of ketones is 1. The third kappa shape index (κ3) is 3.90. The highest BCUT2D eigenvalue weighted by Crippen LogP contribution is 2.22. The normalized spacial score (nSPS) is 12.2. The van der Waals surface area contributed by atoms with E-state index < -0.39 is 10.5 Å². The zero-order valence-electron chi connectivity index (χ0n) is 13.7. The van der Waals surface area contributed by atoms with E-state index in [0.29, 0.717) is 12.2 Å². The van der Waals surface area contributed by atoms with Gasteiger partial charge in [-0.05, 0) is 44.5 Å². The number of nitro benzene ring substituents is 1. The fourth-order valence-corrected chi connectivity index (χ4v) is 2.15. The summed E-state index contributed by atoms with van der Waals surface area (Å²) in [6.45, 7) is 5.56. The molecule has 0 amide bonds. The number of ether oxygens (including phenoxy) is 1. The summed E-state index contributed by atoms with van der Waals surface area (Å²) in [6, 6.07) is 5.89. The molecule has 0 spiro atoms. The van der Waals surface area contributed by atoms with Crippen LogP contribution in [0.4, 0.5) is 5.69 Å². The van der Waals surface area contributed by atoms with E-state index in [1.165, 1.54) is 29.5 Å². The van der Waals surface area contributed by atoms with Gasteiger partial charge in [-0.3, -0.25) is 14.9 Å². The molecule has 1 aromatic heterocycles. The number of Topliss-reactive ketones (excluding diaryl/α,β-unsaturated/α-hetero) is 1. The molecule has 24 heavy (non-hydrogen) atoms. The Morgan fingerprint density at radius 1 is 1.38 bits per heavy atom. The second-order valence-corrected chi connectivity index (χ2v) is 5.49. The smallest absolute Gasteiger partial charge is 0.269 e. The number of hydrogen-bond donors (Lipinski definition) is 0. The van der Waals surface area contributed by atoms with Crippen molar-refractivity contribution in [3.05, 3.63) is 52.6 Å². The van der Waals surface area contributed by atoms with Gasteiger partial charge in [-0.1, -0.05) is 0 Å². The monoisotopic (exact) mass is 330 g/mol. The zero-order valence-corrected chi connectivity index (χ0v) is 13.7. The van der Waals surface area contributed by atoms with E-state index in [1.54, 1.807) is 32.1 Å². The number of hydrogen-bond acceptors (Lipinski definition) is 6. The molecule has 2 aromatic rings. The van der Waals surface area contributed by atoms with Crippen LogP contribution in [0, 0.1) is 10.1 Å². The van der Waals surface area contributed by atoms with Gasteiger partial charge in [0.1, 0.15) is 24.0 Å². The highest BCUT2D eigenvalue weighted by Gasteiger charge is 2.32. The number of nitrogens with zero attached hydrogens (tertiary/aromatic N) is 4. The minimum atomic E-state index is -1.03. The number of carbonyl (C=O) groups excluding carboxylic acids is 1. The van der Waals surface area contributed by atoms with Gasteiger partial charge in [0.2, 0.25) is 5.78 Å². The molecule has 0 saturated carbocycles. The number of benzene rings is 1. The molecule has 0 unspecified atom stereocenters. The first-order valence-corrected chi connectivity index (χ1v) is 7.35. The molecule has 0 N–H and O–H groups in total. The Morgan fingerprint density at radius 2 is 2.04 bits per heavy atom. The van der Waals surface area contributed by atoms with Crippen molar-refractivity contribution in [1.29, 1.82) is 0 Å². The SMILES string of the molecule is CCOC(C)(C)C(=O)/C(=C/c1ccc([N+](=O)[O-])cc1)n1cncn1. The van der Waals surface area contributed by atoms with Crippen molar-refractivity contribution in [2.24, 2.45) is 0 Å². The lowest BCUT2D eigenvalue weighted by molar-refractivity contribution is -0.384. The highest BCUT2D eigenvalue weighted by molar-refractivity contribution is 6.23. The van der Waals surface area contributed by atoms with Crippen molar-refractivity contribution in [2.45, 2.75) is 26.4 Å². The molecule has 0 radical (unpaired) electrons. The van der Waals surface area contributed by atoms with Crippen LogP contribution in [0.1, 0.15) is 26.3 Å². The van der Waals surface area contributed by atoms with Crippen LogP contribution in [0.3, 0.4) is 0 Å². The molecule has 8 nitrogen and oxygen atoms in total. The van der Waals surface area contributed by atoms with Gasteiger partial charge in [-0.2, -0.15) is 5.10 Å². The third-order valence-electron chi connectivity index (χ3n) is 3.36. The van der Waals surface area contributed by atoms with Gasteiger partial charge in [-0.25, -0.2) is 9.67 Å². The fourth-order valence-electron chi connectivity index (χ4n) is 2.15. The van der Waals surface area contributed by atoms with E-state index in [4.69, 9.17) is 4.74 Å². The van der Waals surface area contributed by atoms with Crippen molar-refractivity contribution in [3.63, 3.8) is 0 Å². The topological polar surface area (TPSA) is 100 Å². The molecule has 0 atom stereocenters. The van der Waals surface area contributed by atoms with Crippen LogP contribution in [0.25, 0.3) is 11.8 Å². The summed E-state index contributed by atoms with van der Waals surface area (Å²) >= 11 is 0. The van der Waals surface area contributed by atoms with Crippen molar-refractivity contribution >= 4 is 23.2 Å². The fraction of sp³-hybridized carbons (Fsp3) is 0.312. The van der Waals surface area contributed by atoms with Gasteiger partial charge < -0.3 is 4.74 Å². The quantitative estimate of drug-likeness (QED) is 0.439.